The first-order chi connectivity index (χ1) is 22.5. The van der Waals surface area contributed by atoms with Gasteiger partial charge < -0.3 is 15.0 Å². The Labute approximate surface area is 291 Å². The summed E-state index contributed by atoms with van der Waals surface area (Å²) < 4.78 is 0. The van der Waals surface area contributed by atoms with Gasteiger partial charge in [0.05, 0.1) is 0 Å². The molecule has 3 aromatic carbocycles. The van der Waals surface area contributed by atoms with Crippen LogP contribution in [0, 0.1) is 18.2 Å². The van der Waals surface area contributed by atoms with E-state index < -0.39 is 0 Å². The van der Waals surface area contributed by atoms with E-state index in [1.165, 1.54) is 0 Å². The van der Waals surface area contributed by atoms with Gasteiger partial charge in [-0.3, -0.25) is 0 Å². The molecule has 0 aliphatic heterocycles. The fourth-order valence-corrected chi connectivity index (χ4v) is 4.25. The Balaban J connectivity index is 0.000000170. The van der Waals surface area contributed by atoms with E-state index in [9.17, 15) is 0 Å². The summed E-state index contributed by atoms with van der Waals surface area (Å²) in [7, 11) is 0. The van der Waals surface area contributed by atoms with Crippen molar-refractivity contribution in [1.82, 2.24) is 24.9 Å². The Bertz CT molecular complexity index is 1710. The van der Waals surface area contributed by atoms with Gasteiger partial charge in [0.1, 0.15) is 0 Å². The van der Waals surface area contributed by atoms with E-state index in [-0.39, 0.29) is 25.5 Å². The third kappa shape index (κ3) is 10.4. The maximum Gasteiger partial charge on any atom is 3.00 e. The van der Waals surface area contributed by atoms with Crippen molar-refractivity contribution in [2.75, 3.05) is 0 Å². The number of aromatic nitrogens is 5. The Hall–Kier alpha value is -5.16. The van der Waals surface area contributed by atoms with Crippen LogP contribution in [0.15, 0.2) is 152 Å². The van der Waals surface area contributed by atoms with Gasteiger partial charge in [0.2, 0.25) is 0 Å². The second-order valence-corrected chi connectivity index (χ2v) is 11.2. The van der Waals surface area contributed by atoms with Crippen LogP contribution in [0.1, 0.15) is 26.3 Å². The standard InChI is InChI=1S/C19H18N3.2C11H8N.Ir/c1-19(2,3)16-12-21-18(22-13-16)15-9-10-17(20-11-15)14-7-5-4-6-8-14;2*1-2-6-10(7-3-1)11-8-4-5-9-12-11;/h4-7,9-13H,1-3H3;2*1-6,8-9H;/q3*-1;+3. The SMILES string of the molecule is CC(C)(C)c1cnc(-c2ccc(-c3[c-]cccc3)nc2)nc1.[Ir+3].[c-]1ccccc1-c1ccccn1.[c-]1ccccc1-c1ccccn1. The molecule has 0 saturated heterocycles. The fraction of sp³-hybridized carbons (Fsp3) is 0.0976. The molecule has 4 aromatic heterocycles. The van der Waals surface area contributed by atoms with E-state index in [1.54, 1.807) is 12.4 Å². The Morgan fingerprint density at radius 2 is 0.894 bits per heavy atom. The molecule has 0 atom stereocenters. The molecule has 0 aliphatic rings. The van der Waals surface area contributed by atoms with Crippen LogP contribution in [0.25, 0.3) is 45.2 Å². The number of hydrogen-bond donors (Lipinski definition) is 0. The Kier molecular flexibility index (Phi) is 12.9. The van der Waals surface area contributed by atoms with Crippen molar-refractivity contribution in [2.45, 2.75) is 26.2 Å². The van der Waals surface area contributed by atoms with Gasteiger partial charge in [-0.1, -0.05) is 57.2 Å². The summed E-state index contributed by atoms with van der Waals surface area (Å²) in [6, 6.07) is 48.6. The molecule has 0 aliphatic carbocycles. The molecule has 0 spiro atoms. The molecule has 0 bridgehead atoms. The number of pyridine rings is 3. The van der Waals surface area contributed by atoms with Crippen LogP contribution in [0.5, 0.6) is 0 Å². The summed E-state index contributed by atoms with van der Waals surface area (Å²) in [6.07, 6.45) is 9.16. The number of hydrogen-bond acceptors (Lipinski definition) is 5. The molecular weight excluding hydrogens is 755 g/mol. The molecule has 5 nitrogen and oxygen atoms in total. The minimum absolute atomic E-state index is 0. The molecule has 47 heavy (non-hydrogen) atoms. The van der Waals surface area contributed by atoms with E-state index in [4.69, 9.17) is 0 Å². The summed E-state index contributed by atoms with van der Waals surface area (Å²) in [5.74, 6) is 0.698. The summed E-state index contributed by atoms with van der Waals surface area (Å²) in [5.41, 5.74) is 8.00. The van der Waals surface area contributed by atoms with Gasteiger partial charge in [-0.05, 0) is 40.2 Å². The van der Waals surface area contributed by atoms with Crippen molar-refractivity contribution in [1.29, 1.82) is 0 Å². The largest absolute Gasteiger partial charge is 3.00 e. The first kappa shape index (κ1) is 34.7. The van der Waals surface area contributed by atoms with Crippen LogP contribution in [-0.4, -0.2) is 24.9 Å². The van der Waals surface area contributed by atoms with Gasteiger partial charge in [0, 0.05) is 36.5 Å². The zero-order valence-corrected chi connectivity index (χ0v) is 28.9. The minimum Gasteiger partial charge on any atom is -0.305 e. The van der Waals surface area contributed by atoms with Gasteiger partial charge in [-0.25, -0.2) is 9.97 Å². The first-order valence-corrected chi connectivity index (χ1v) is 15.0. The Morgan fingerprint density at radius 1 is 0.447 bits per heavy atom. The van der Waals surface area contributed by atoms with Crippen LogP contribution in [0.4, 0.5) is 0 Å². The molecule has 7 aromatic rings. The third-order valence-corrected chi connectivity index (χ3v) is 6.82. The van der Waals surface area contributed by atoms with Crippen molar-refractivity contribution >= 4 is 0 Å². The van der Waals surface area contributed by atoms with Gasteiger partial charge in [0.25, 0.3) is 0 Å². The minimum atomic E-state index is 0. The number of nitrogens with zero attached hydrogens (tertiary/aromatic N) is 5. The second-order valence-electron chi connectivity index (χ2n) is 11.2. The van der Waals surface area contributed by atoms with Gasteiger partial charge in [-0.15, -0.1) is 108 Å². The molecule has 0 unspecified atom stereocenters. The first-order valence-electron chi connectivity index (χ1n) is 15.0. The van der Waals surface area contributed by atoms with Crippen molar-refractivity contribution in [3.05, 3.63) is 176 Å². The van der Waals surface area contributed by atoms with Gasteiger partial charge >= 0.3 is 20.1 Å². The molecule has 0 saturated carbocycles. The zero-order valence-electron chi connectivity index (χ0n) is 26.5. The maximum atomic E-state index is 4.49. The molecule has 7 rings (SSSR count). The normalized spacial score (nSPS) is 10.3. The monoisotopic (exact) mass is 789 g/mol. The van der Waals surface area contributed by atoms with Gasteiger partial charge in [-0.2, -0.15) is 0 Å². The summed E-state index contributed by atoms with van der Waals surface area (Å²) >= 11 is 0. The molecule has 0 fully saturated rings. The number of rotatable bonds is 4. The quantitative estimate of drug-likeness (QED) is 0.167. The molecule has 0 amide bonds. The van der Waals surface area contributed by atoms with Crippen LogP contribution >= 0.6 is 0 Å². The van der Waals surface area contributed by atoms with Crippen molar-refractivity contribution < 1.29 is 20.1 Å². The van der Waals surface area contributed by atoms with E-state index in [1.807, 2.05) is 140 Å². The summed E-state index contributed by atoms with van der Waals surface area (Å²) in [4.78, 5) is 21.8. The molecule has 6 heteroatoms. The molecular formula is C41H34IrN5. The Morgan fingerprint density at radius 3 is 1.23 bits per heavy atom. The average Bonchev–Trinajstić information content (AvgIpc) is 3.14. The predicted octanol–water partition coefficient (Wildman–Crippen LogP) is 9.40. The maximum absolute atomic E-state index is 4.49. The molecule has 232 valence electrons. The average molecular weight is 789 g/mol. The summed E-state index contributed by atoms with van der Waals surface area (Å²) in [6.45, 7) is 6.45. The van der Waals surface area contributed by atoms with E-state index in [2.05, 4.69) is 63.9 Å². The van der Waals surface area contributed by atoms with Crippen molar-refractivity contribution in [2.24, 2.45) is 0 Å². The van der Waals surface area contributed by atoms with E-state index >= 15 is 0 Å². The van der Waals surface area contributed by atoms with E-state index in [0.717, 1.165) is 44.9 Å². The fourth-order valence-electron chi connectivity index (χ4n) is 4.25. The smallest absolute Gasteiger partial charge is 0.305 e. The van der Waals surface area contributed by atoms with Gasteiger partial charge in [0.15, 0.2) is 5.82 Å². The van der Waals surface area contributed by atoms with Crippen molar-refractivity contribution in [3.63, 3.8) is 0 Å². The van der Waals surface area contributed by atoms with Crippen LogP contribution in [-0.2, 0) is 25.5 Å². The predicted molar refractivity (Wildman–Crippen MR) is 185 cm³/mol. The van der Waals surface area contributed by atoms with Crippen LogP contribution in [0.2, 0.25) is 0 Å². The molecule has 4 heterocycles. The number of benzene rings is 3. The molecule has 0 N–H and O–H groups in total. The topological polar surface area (TPSA) is 64.5 Å². The van der Waals surface area contributed by atoms with Crippen LogP contribution in [0.3, 0.4) is 0 Å². The molecule has 0 radical (unpaired) electrons. The zero-order chi connectivity index (χ0) is 32.0. The third-order valence-electron chi connectivity index (χ3n) is 6.82. The summed E-state index contributed by atoms with van der Waals surface area (Å²) in [5, 5.41) is 0. The van der Waals surface area contributed by atoms with Crippen LogP contribution < -0.4 is 0 Å². The van der Waals surface area contributed by atoms with Crippen molar-refractivity contribution in [3.8, 4) is 45.2 Å². The van der Waals surface area contributed by atoms with E-state index in [0.29, 0.717) is 5.82 Å². The second kappa shape index (κ2) is 17.5.